The minimum absolute atomic E-state index is 0.0287. The Morgan fingerprint density at radius 3 is 2.28 bits per heavy atom. The molecule has 3 fully saturated rings. The lowest BCUT2D eigenvalue weighted by atomic mass is 9.78. The minimum atomic E-state index is -0.895. The molecule has 3 saturated heterocycles. The fraction of sp³-hybridized carbons (Fsp3) is 0.579. The number of aliphatic carboxylic acids is 1. The third-order valence-corrected chi connectivity index (χ3v) is 5.78. The molecule has 0 aliphatic carbocycles. The van der Waals surface area contributed by atoms with Crippen LogP contribution in [0.2, 0.25) is 0 Å². The molecule has 3 aliphatic rings. The number of amides is 1. The molecule has 3 aliphatic heterocycles. The molecule has 0 saturated carbocycles. The summed E-state index contributed by atoms with van der Waals surface area (Å²) < 4.78 is 5.73. The van der Waals surface area contributed by atoms with E-state index in [1.165, 1.54) is 5.56 Å². The van der Waals surface area contributed by atoms with Crippen molar-refractivity contribution in [2.45, 2.75) is 31.6 Å². The quantitative estimate of drug-likeness (QED) is 0.889. The molecule has 2 unspecified atom stereocenters. The van der Waals surface area contributed by atoms with Crippen molar-refractivity contribution in [1.82, 2.24) is 9.80 Å². The highest BCUT2D eigenvalue weighted by Crippen LogP contribution is 2.44. The van der Waals surface area contributed by atoms with Crippen LogP contribution in [0, 0.1) is 11.8 Å². The SMILES string of the molecule is O=C(O)C1C(C(=O)N2CCN(Cc3ccccc3)CC2)[C@@H]2CC[C@H]1O2. The molecule has 4 atom stereocenters. The van der Waals surface area contributed by atoms with Crippen molar-refractivity contribution in [3.05, 3.63) is 35.9 Å². The van der Waals surface area contributed by atoms with Crippen LogP contribution >= 0.6 is 0 Å². The summed E-state index contributed by atoms with van der Waals surface area (Å²) in [5.74, 6) is -2.10. The number of carboxylic acids is 1. The van der Waals surface area contributed by atoms with E-state index in [4.69, 9.17) is 4.74 Å². The van der Waals surface area contributed by atoms with Gasteiger partial charge in [-0.3, -0.25) is 14.5 Å². The van der Waals surface area contributed by atoms with Gasteiger partial charge in [0.15, 0.2) is 0 Å². The van der Waals surface area contributed by atoms with Gasteiger partial charge in [-0.25, -0.2) is 0 Å². The number of carbonyl (C=O) groups excluding carboxylic acids is 1. The molecule has 2 bridgehead atoms. The van der Waals surface area contributed by atoms with Crippen molar-refractivity contribution in [1.29, 1.82) is 0 Å². The van der Waals surface area contributed by atoms with E-state index < -0.39 is 17.8 Å². The molecule has 6 nitrogen and oxygen atoms in total. The van der Waals surface area contributed by atoms with Crippen LogP contribution in [0.3, 0.4) is 0 Å². The standard InChI is InChI=1S/C19H24N2O4/c22-18(16-14-6-7-15(25-14)17(16)19(23)24)21-10-8-20(9-11-21)12-13-4-2-1-3-5-13/h1-5,14-17H,6-12H2,(H,23,24)/t14-,15+,16?,17?/m0/s1. The van der Waals surface area contributed by atoms with E-state index in [-0.39, 0.29) is 18.1 Å². The average molecular weight is 344 g/mol. The maximum absolute atomic E-state index is 12.9. The summed E-state index contributed by atoms with van der Waals surface area (Å²) in [6.45, 7) is 3.84. The number of carbonyl (C=O) groups is 2. The second-order valence-corrected chi connectivity index (χ2v) is 7.27. The summed E-state index contributed by atoms with van der Waals surface area (Å²) in [7, 11) is 0. The molecule has 0 aromatic heterocycles. The van der Waals surface area contributed by atoms with Gasteiger partial charge in [-0.05, 0) is 18.4 Å². The fourth-order valence-electron chi connectivity index (χ4n) is 4.48. The number of piperazine rings is 1. The van der Waals surface area contributed by atoms with E-state index in [0.29, 0.717) is 13.1 Å². The number of rotatable bonds is 4. The largest absolute Gasteiger partial charge is 0.481 e. The van der Waals surface area contributed by atoms with Gasteiger partial charge >= 0.3 is 5.97 Å². The van der Waals surface area contributed by atoms with Crippen LogP contribution in [0.25, 0.3) is 0 Å². The summed E-state index contributed by atoms with van der Waals surface area (Å²) >= 11 is 0. The Labute approximate surface area is 147 Å². The van der Waals surface area contributed by atoms with Crippen LogP contribution in [-0.4, -0.2) is 65.2 Å². The van der Waals surface area contributed by atoms with E-state index in [1.54, 1.807) is 0 Å². The highest BCUT2D eigenvalue weighted by molar-refractivity contribution is 5.86. The van der Waals surface area contributed by atoms with Crippen molar-refractivity contribution < 1.29 is 19.4 Å². The van der Waals surface area contributed by atoms with Gasteiger partial charge in [0.1, 0.15) is 0 Å². The van der Waals surface area contributed by atoms with Crippen LogP contribution in [0.15, 0.2) is 30.3 Å². The Balaban J connectivity index is 1.36. The number of ether oxygens (including phenoxy) is 1. The Bertz CT molecular complexity index is 642. The summed E-state index contributed by atoms with van der Waals surface area (Å²) in [5, 5.41) is 9.50. The fourth-order valence-corrected chi connectivity index (χ4v) is 4.48. The third-order valence-electron chi connectivity index (χ3n) is 5.78. The lowest BCUT2D eigenvalue weighted by Crippen LogP contribution is -2.53. The normalized spacial score (nSPS) is 32.1. The molecular weight excluding hydrogens is 320 g/mol. The van der Waals surface area contributed by atoms with Gasteiger partial charge < -0.3 is 14.7 Å². The summed E-state index contributed by atoms with van der Waals surface area (Å²) in [6, 6.07) is 10.3. The number of carboxylic acid groups (broad SMARTS) is 1. The van der Waals surface area contributed by atoms with Gasteiger partial charge in [-0.1, -0.05) is 30.3 Å². The smallest absolute Gasteiger partial charge is 0.310 e. The van der Waals surface area contributed by atoms with E-state index >= 15 is 0 Å². The second kappa shape index (κ2) is 6.77. The Morgan fingerprint density at radius 1 is 1.00 bits per heavy atom. The van der Waals surface area contributed by atoms with Gasteiger partial charge in [0.2, 0.25) is 5.91 Å². The maximum atomic E-state index is 12.9. The van der Waals surface area contributed by atoms with Gasteiger partial charge in [0.05, 0.1) is 24.0 Å². The van der Waals surface area contributed by atoms with Gasteiger partial charge in [0, 0.05) is 32.7 Å². The monoisotopic (exact) mass is 344 g/mol. The van der Waals surface area contributed by atoms with Gasteiger partial charge in [-0.2, -0.15) is 0 Å². The molecule has 0 spiro atoms. The maximum Gasteiger partial charge on any atom is 0.310 e. The molecule has 134 valence electrons. The predicted molar refractivity (Wildman–Crippen MR) is 90.8 cm³/mol. The molecule has 6 heteroatoms. The summed E-state index contributed by atoms with van der Waals surface area (Å²) in [4.78, 5) is 28.7. The molecule has 25 heavy (non-hydrogen) atoms. The first-order valence-corrected chi connectivity index (χ1v) is 9.07. The van der Waals surface area contributed by atoms with Crippen molar-refractivity contribution in [3.8, 4) is 0 Å². The van der Waals surface area contributed by atoms with Crippen LogP contribution in [0.5, 0.6) is 0 Å². The average Bonchev–Trinajstić information content (AvgIpc) is 3.24. The molecule has 1 aromatic carbocycles. The zero-order valence-corrected chi connectivity index (χ0v) is 14.2. The first-order valence-electron chi connectivity index (χ1n) is 9.07. The minimum Gasteiger partial charge on any atom is -0.481 e. The first-order chi connectivity index (χ1) is 12.1. The zero-order valence-electron chi connectivity index (χ0n) is 14.2. The highest BCUT2D eigenvalue weighted by Gasteiger charge is 2.56. The number of fused-ring (bicyclic) bond motifs is 2. The number of hydrogen-bond acceptors (Lipinski definition) is 4. The topological polar surface area (TPSA) is 70.1 Å². The van der Waals surface area contributed by atoms with Gasteiger partial charge in [-0.15, -0.1) is 0 Å². The first kappa shape index (κ1) is 16.5. The van der Waals surface area contributed by atoms with Crippen LogP contribution < -0.4 is 0 Å². The predicted octanol–water partition coefficient (Wildman–Crippen LogP) is 1.21. The van der Waals surface area contributed by atoms with Crippen molar-refractivity contribution in [2.24, 2.45) is 11.8 Å². The molecular formula is C19H24N2O4. The highest BCUT2D eigenvalue weighted by atomic mass is 16.5. The lowest BCUT2D eigenvalue weighted by Gasteiger charge is -2.37. The molecule has 1 aromatic rings. The number of nitrogens with zero attached hydrogens (tertiary/aromatic N) is 2. The summed E-state index contributed by atoms with van der Waals surface area (Å²) in [5.41, 5.74) is 1.27. The van der Waals surface area contributed by atoms with Crippen molar-refractivity contribution in [2.75, 3.05) is 26.2 Å². The van der Waals surface area contributed by atoms with E-state index in [9.17, 15) is 14.7 Å². The Morgan fingerprint density at radius 2 is 1.64 bits per heavy atom. The molecule has 1 N–H and O–H groups in total. The van der Waals surface area contributed by atoms with Crippen LogP contribution in [-0.2, 0) is 20.9 Å². The number of hydrogen-bond donors (Lipinski definition) is 1. The molecule has 1 amide bonds. The molecule has 4 rings (SSSR count). The van der Waals surface area contributed by atoms with E-state index in [2.05, 4.69) is 17.0 Å². The van der Waals surface area contributed by atoms with Crippen LogP contribution in [0.1, 0.15) is 18.4 Å². The van der Waals surface area contributed by atoms with Crippen molar-refractivity contribution in [3.63, 3.8) is 0 Å². The Kier molecular flexibility index (Phi) is 4.48. The summed E-state index contributed by atoms with van der Waals surface area (Å²) in [6.07, 6.45) is 1.08. The van der Waals surface area contributed by atoms with E-state index in [0.717, 1.165) is 32.5 Å². The third kappa shape index (κ3) is 3.16. The molecule has 0 radical (unpaired) electrons. The Hall–Kier alpha value is -1.92. The lowest BCUT2D eigenvalue weighted by molar-refractivity contribution is -0.151. The second-order valence-electron chi connectivity index (χ2n) is 7.27. The number of benzene rings is 1. The van der Waals surface area contributed by atoms with E-state index in [1.807, 2.05) is 23.1 Å². The van der Waals surface area contributed by atoms with Gasteiger partial charge in [0.25, 0.3) is 0 Å². The molecule has 3 heterocycles. The zero-order chi connectivity index (χ0) is 17.4. The van der Waals surface area contributed by atoms with Crippen molar-refractivity contribution >= 4 is 11.9 Å². The van der Waals surface area contributed by atoms with Crippen LogP contribution in [0.4, 0.5) is 0 Å².